The van der Waals surface area contributed by atoms with E-state index in [-0.39, 0.29) is 42.8 Å². The van der Waals surface area contributed by atoms with Crippen LogP contribution in [0.25, 0.3) is 11.0 Å². The van der Waals surface area contributed by atoms with Gasteiger partial charge in [0.2, 0.25) is 11.5 Å². The zero-order valence-corrected chi connectivity index (χ0v) is 22.2. The van der Waals surface area contributed by atoms with Gasteiger partial charge < -0.3 is 18.6 Å². The lowest BCUT2D eigenvalue weighted by atomic mass is 9.99. The summed E-state index contributed by atoms with van der Waals surface area (Å²) in [6.45, 7) is 7.41. The summed E-state index contributed by atoms with van der Waals surface area (Å²) >= 11 is 0. The van der Waals surface area contributed by atoms with E-state index in [1.54, 1.807) is 39.1 Å². The summed E-state index contributed by atoms with van der Waals surface area (Å²) in [5.74, 6) is -0.195. The van der Waals surface area contributed by atoms with Crippen LogP contribution in [0.1, 0.15) is 66.9 Å². The number of unbranched alkanes of at least 4 members (excludes halogenated alkanes) is 1. The highest BCUT2D eigenvalue weighted by atomic mass is 19.1. The van der Waals surface area contributed by atoms with E-state index in [4.69, 9.17) is 18.6 Å². The molecule has 3 aromatic heterocycles. The van der Waals surface area contributed by atoms with Gasteiger partial charge >= 0.3 is 5.97 Å². The second-order valence-corrected chi connectivity index (χ2v) is 9.59. The van der Waals surface area contributed by atoms with Crippen molar-refractivity contribution >= 4 is 17.0 Å². The van der Waals surface area contributed by atoms with Gasteiger partial charge in [0.1, 0.15) is 16.9 Å². The van der Waals surface area contributed by atoms with Gasteiger partial charge in [-0.2, -0.15) is 0 Å². The number of aromatic nitrogens is 4. The van der Waals surface area contributed by atoms with Crippen molar-refractivity contribution in [3.63, 3.8) is 0 Å². The second kappa shape index (κ2) is 10.5. The molecule has 0 saturated heterocycles. The molecule has 1 aliphatic heterocycles. The summed E-state index contributed by atoms with van der Waals surface area (Å²) in [6, 6.07) is 6.10. The molecule has 1 aromatic carbocycles. The molecule has 4 aromatic rings. The number of nitrogens with zero attached hydrogens (tertiary/aromatic N) is 4. The minimum atomic E-state index is -1.24. The third kappa shape index (κ3) is 4.84. The molecule has 0 unspecified atom stereocenters. The first-order valence-corrected chi connectivity index (χ1v) is 12.9. The van der Waals surface area contributed by atoms with Crippen LogP contribution in [0.4, 0.5) is 4.39 Å². The average Bonchev–Trinajstić information content (AvgIpc) is 3.36. The molecule has 0 saturated carbocycles. The highest BCUT2D eigenvalue weighted by Gasteiger charge is 2.43. The number of benzene rings is 1. The number of ether oxygens (including phenoxy) is 3. The van der Waals surface area contributed by atoms with Crippen molar-refractivity contribution in [1.82, 2.24) is 19.7 Å². The third-order valence-electron chi connectivity index (χ3n) is 6.55. The fourth-order valence-electron chi connectivity index (χ4n) is 4.63. The number of halogens is 1. The highest BCUT2D eigenvalue weighted by Crippen LogP contribution is 2.43. The normalized spacial score (nSPS) is 16.2. The second-order valence-electron chi connectivity index (χ2n) is 9.59. The lowest BCUT2D eigenvalue weighted by Gasteiger charge is -2.35. The Labute approximate surface area is 223 Å². The lowest BCUT2D eigenvalue weighted by molar-refractivity contribution is 0.0278. The van der Waals surface area contributed by atoms with E-state index in [0.717, 1.165) is 12.0 Å². The smallest absolute Gasteiger partial charge is 0.347 e. The molecule has 0 fully saturated rings. The Morgan fingerprint density at radius 1 is 1.21 bits per heavy atom. The first-order valence-electron chi connectivity index (χ1n) is 12.9. The van der Waals surface area contributed by atoms with Gasteiger partial charge in [-0.25, -0.2) is 9.18 Å². The predicted octanol–water partition coefficient (Wildman–Crippen LogP) is 4.48. The van der Waals surface area contributed by atoms with Crippen molar-refractivity contribution < 1.29 is 27.8 Å². The zero-order chi connectivity index (χ0) is 27.7. The standard InChI is InChI=1S/C28H29FN4O6/c1-5-7-12-37-24-20(26(35)36-6-2)25(34)33-15-28(4,27-32-31-16(3)38-27)39-23-18(14-30-21(24)22(23)33)13-17-8-10-19(29)11-9-17/h8-11,14H,5-7,12-13,15H2,1-4H3/t28-/m1/s1. The summed E-state index contributed by atoms with van der Waals surface area (Å²) in [4.78, 5) is 31.7. The number of hydrogen-bond acceptors (Lipinski definition) is 9. The van der Waals surface area contributed by atoms with Gasteiger partial charge in [0.05, 0.1) is 19.8 Å². The first kappa shape index (κ1) is 26.3. The van der Waals surface area contributed by atoms with Crippen molar-refractivity contribution in [1.29, 1.82) is 0 Å². The van der Waals surface area contributed by atoms with Crippen LogP contribution in [-0.4, -0.2) is 38.9 Å². The Balaban J connectivity index is 1.77. The number of carbonyl (C=O) groups excluding carboxylic acids is 1. The SMILES string of the molecule is CCCCOc1c(C(=O)OCC)c(=O)n2c3c(c(Cc4ccc(F)cc4)cnc13)O[C@@](C)(c1nnc(C)o1)C2. The number of aryl methyl sites for hydroxylation is 1. The van der Waals surface area contributed by atoms with Gasteiger partial charge in [-0.1, -0.05) is 25.5 Å². The van der Waals surface area contributed by atoms with E-state index in [1.807, 2.05) is 6.92 Å². The molecule has 204 valence electrons. The van der Waals surface area contributed by atoms with Crippen LogP contribution in [0.3, 0.4) is 0 Å². The Bertz CT molecular complexity index is 1600. The molecule has 1 atom stereocenters. The Morgan fingerprint density at radius 2 is 1.97 bits per heavy atom. The highest BCUT2D eigenvalue weighted by molar-refractivity contribution is 6.00. The molecule has 11 heteroatoms. The summed E-state index contributed by atoms with van der Waals surface area (Å²) in [5.41, 5.74) is 0.0858. The van der Waals surface area contributed by atoms with Crippen LogP contribution >= 0.6 is 0 Å². The van der Waals surface area contributed by atoms with Gasteiger partial charge in [-0.05, 0) is 38.0 Å². The number of rotatable bonds is 9. The van der Waals surface area contributed by atoms with E-state index < -0.39 is 17.1 Å². The predicted molar refractivity (Wildman–Crippen MR) is 139 cm³/mol. The molecule has 10 nitrogen and oxygen atoms in total. The minimum absolute atomic E-state index is 0.0275. The molecule has 0 N–H and O–H groups in total. The molecule has 0 radical (unpaired) electrons. The average molecular weight is 537 g/mol. The molecular formula is C28H29FN4O6. The van der Waals surface area contributed by atoms with E-state index in [2.05, 4.69) is 15.2 Å². The Kier molecular flexibility index (Phi) is 7.07. The molecular weight excluding hydrogens is 507 g/mol. The fourth-order valence-corrected chi connectivity index (χ4v) is 4.63. The van der Waals surface area contributed by atoms with E-state index in [1.165, 1.54) is 16.7 Å². The van der Waals surface area contributed by atoms with Crippen molar-refractivity contribution in [3.8, 4) is 11.5 Å². The van der Waals surface area contributed by atoms with Gasteiger partial charge in [0.25, 0.3) is 11.4 Å². The van der Waals surface area contributed by atoms with Crippen LogP contribution in [-0.2, 0) is 23.3 Å². The summed E-state index contributed by atoms with van der Waals surface area (Å²) < 4.78 is 38.5. The summed E-state index contributed by atoms with van der Waals surface area (Å²) in [7, 11) is 0. The number of hydrogen-bond donors (Lipinski definition) is 0. The largest absolute Gasteiger partial charge is 0.490 e. The van der Waals surface area contributed by atoms with E-state index in [9.17, 15) is 14.0 Å². The maximum absolute atomic E-state index is 14.0. The molecule has 0 aliphatic carbocycles. The zero-order valence-electron chi connectivity index (χ0n) is 22.2. The molecule has 0 spiro atoms. The van der Waals surface area contributed by atoms with Crippen LogP contribution < -0.4 is 15.0 Å². The van der Waals surface area contributed by atoms with Gasteiger partial charge in [0.15, 0.2) is 17.1 Å². The lowest BCUT2D eigenvalue weighted by Crippen LogP contribution is -2.44. The fraction of sp³-hybridized carbons (Fsp3) is 0.393. The van der Waals surface area contributed by atoms with E-state index >= 15 is 0 Å². The maximum Gasteiger partial charge on any atom is 0.347 e. The van der Waals surface area contributed by atoms with Crippen LogP contribution in [0.2, 0.25) is 0 Å². The van der Waals surface area contributed by atoms with E-state index in [0.29, 0.717) is 41.1 Å². The van der Waals surface area contributed by atoms with Crippen LogP contribution in [0.5, 0.6) is 11.5 Å². The molecule has 5 rings (SSSR count). The quantitative estimate of drug-likeness (QED) is 0.225. The van der Waals surface area contributed by atoms with Crippen molar-refractivity contribution in [2.45, 2.75) is 59.1 Å². The molecule has 1 aliphatic rings. The topological polar surface area (TPSA) is 119 Å². The number of esters is 1. The molecule has 0 amide bonds. The summed E-state index contributed by atoms with van der Waals surface area (Å²) in [6.07, 6.45) is 3.53. The number of pyridine rings is 2. The van der Waals surface area contributed by atoms with Crippen molar-refractivity contribution in [2.24, 2.45) is 0 Å². The Morgan fingerprint density at radius 3 is 2.64 bits per heavy atom. The van der Waals surface area contributed by atoms with Crippen molar-refractivity contribution in [3.05, 3.63) is 75.1 Å². The van der Waals surface area contributed by atoms with Gasteiger partial charge in [-0.3, -0.25) is 14.3 Å². The molecule has 4 heterocycles. The van der Waals surface area contributed by atoms with Crippen molar-refractivity contribution in [2.75, 3.05) is 13.2 Å². The third-order valence-corrected chi connectivity index (χ3v) is 6.55. The summed E-state index contributed by atoms with van der Waals surface area (Å²) in [5, 5.41) is 8.09. The van der Waals surface area contributed by atoms with Crippen LogP contribution in [0.15, 0.2) is 39.7 Å². The monoisotopic (exact) mass is 536 g/mol. The van der Waals surface area contributed by atoms with Gasteiger partial charge in [-0.15, -0.1) is 10.2 Å². The van der Waals surface area contributed by atoms with Gasteiger partial charge in [0, 0.05) is 25.1 Å². The maximum atomic E-state index is 14.0. The Hall–Kier alpha value is -4.28. The molecule has 39 heavy (non-hydrogen) atoms. The van der Waals surface area contributed by atoms with Crippen LogP contribution in [0, 0.1) is 12.7 Å². The minimum Gasteiger partial charge on any atom is -0.490 e. The first-order chi connectivity index (χ1) is 18.8. The number of carbonyl (C=O) groups is 1. The molecule has 0 bridgehead atoms.